The van der Waals surface area contributed by atoms with Crippen LogP contribution in [0.25, 0.3) is 10.6 Å². The Hall–Kier alpha value is -4.74. The highest BCUT2D eigenvalue weighted by Crippen LogP contribution is 2.34. The Kier molecular flexibility index (Phi) is 8.56. The van der Waals surface area contributed by atoms with E-state index in [0.29, 0.717) is 40.9 Å². The summed E-state index contributed by atoms with van der Waals surface area (Å²) in [6, 6.07) is 14.1. The van der Waals surface area contributed by atoms with Crippen molar-refractivity contribution in [3.8, 4) is 28.1 Å². The van der Waals surface area contributed by atoms with Crippen LogP contribution < -0.4 is 14.9 Å². The molecule has 5 rings (SSSR count). The number of amides is 1. The van der Waals surface area contributed by atoms with E-state index in [-0.39, 0.29) is 17.8 Å². The zero-order chi connectivity index (χ0) is 28.8. The van der Waals surface area contributed by atoms with Crippen molar-refractivity contribution in [1.29, 1.82) is 5.26 Å². The van der Waals surface area contributed by atoms with Crippen molar-refractivity contribution in [1.82, 2.24) is 36.0 Å². The van der Waals surface area contributed by atoms with Gasteiger partial charge in [0.15, 0.2) is 11.5 Å². The molecule has 0 spiro atoms. The van der Waals surface area contributed by atoms with E-state index >= 15 is 0 Å². The van der Waals surface area contributed by atoms with Crippen LogP contribution in [0.15, 0.2) is 52.7 Å². The fraction of sp³-hybridized carbons (Fsp3) is 0.333. The van der Waals surface area contributed by atoms with Crippen molar-refractivity contribution in [3.05, 3.63) is 64.4 Å². The predicted octanol–water partition coefficient (Wildman–Crippen LogP) is 4.87. The molecule has 1 saturated heterocycles. The van der Waals surface area contributed by atoms with Crippen molar-refractivity contribution in [3.63, 3.8) is 0 Å². The molecular weight excluding hydrogens is 544 g/mol. The van der Waals surface area contributed by atoms with Gasteiger partial charge >= 0.3 is 0 Å². The summed E-state index contributed by atoms with van der Waals surface area (Å²) in [4.78, 5) is 18.8. The Labute approximate surface area is 240 Å². The third kappa shape index (κ3) is 6.21. The molecule has 14 heteroatoms. The lowest BCUT2D eigenvalue weighted by atomic mass is 10.00. The Morgan fingerprint density at radius 1 is 1.27 bits per heavy atom. The third-order valence-electron chi connectivity index (χ3n) is 6.44. The zero-order valence-electron chi connectivity index (χ0n) is 22.7. The van der Waals surface area contributed by atoms with Crippen molar-refractivity contribution in [2.75, 3.05) is 20.3 Å². The molecule has 41 heavy (non-hydrogen) atoms. The maximum Gasteiger partial charge on any atom is 0.279 e. The Balaban J connectivity index is 1.28. The molecule has 2 atom stereocenters. The second kappa shape index (κ2) is 12.6. The van der Waals surface area contributed by atoms with Crippen LogP contribution in [0.5, 0.6) is 11.5 Å². The van der Waals surface area contributed by atoms with Crippen molar-refractivity contribution >= 4 is 22.9 Å². The minimum absolute atomic E-state index is 0.0343. The summed E-state index contributed by atoms with van der Waals surface area (Å²) in [7, 11) is 1.62. The van der Waals surface area contributed by atoms with Gasteiger partial charge in [-0.1, -0.05) is 11.3 Å². The number of aryl methyl sites for hydroxylation is 1. The van der Waals surface area contributed by atoms with Gasteiger partial charge in [0.1, 0.15) is 9.88 Å². The molecule has 0 saturated carbocycles. The summed E-state index contributed by atoms with van der Waals surface area (Å²) in [6.45, 7) is 4.91. The average Bonchev–Trinajstić information content (AvgIpc) is 3.68. The number of tetrazole rings is 1. The highest BCUT2D eigenvalue weighted by atomic mass is 32.1. The number of hydrogen-bond donors (Lipinski definition) is 2. The smallest absolute Gasteiger partial charge is 0.279 e. The van der Waals surface area contributed by atoms with Crippen LogP contribution in [0.4, 0.5) is 5.69 Å². The molecule has 2 aromatic carbocycles. The normalized spacial score (nSPS) is 16.0. The van der Waals surface area contributed by atoms with Crippen molar-refractivity contribution in [2.24, 2.45) is 10.2 Å². The molecule has 1 fully saturated rings. The standard InChI is InChI=1S/C27H28N10O3S/c1-4-40-23-14-18(9-12-22(23)39-3)20-6-5-13-37(34-20)27(38)24-16(2)29-26(41-24)17-7-10-19(11-8-17)30-31-21(15-28)25-32-35-36-33-25/h7-12,14,20-21,34H,4-6,13H2,1-3H3,(H,32,33,35,36). The maximum absolute atomic E-state index is 13.6. The largest absolute Gasteiger partial charge is 0.493 e. The molecule has 1 aliphatic rings. The second-order valence-electron chi connectivity index (χ2n) is 9.12. The number of carbonyl (C=O) groups excluding carboxylic acids is 1. The highest BCUT2D eigenvalue weighted by Gasteiger charge is 2.28. The fourth-order valence-corrected chi connectivity index (χ4v) is 5.43. The van der Waals surface area contributed by atoms with E-state index in [4.69, 9.17) is 9.47 Å². The van der Waals surface area contributed by atoms with Gasteiger partial charge in [-0.25, -0.2) is 10.4 Å². The van der Waals surface area contributed by atoms with Gasteiger partial charge in [0.25, 0.3) is 5.91 Å². The van der Waals surface area contributed by atoms with Gasteiger partial charge in [-0.2, -0.15) is 20.7 Å². The number of rotatable bonds is 9. The minimum Gasteiger partial charge on any atom is -0.493 e. The second-order valence-corrected chi connectivity index (χ2v) is 10.1. The summed E-state index contributed by atoms with van der Waals surface area (Å²) >= 11 is 1.35. The molecule has 2 N–H and O–H groups in total. The summed E-state index contributed by atoms with van der Waals surface area (Å²) < 4.78 is 11.2. The minimum atomic E-state index is -0.956. The fourth-order valence-electron chi connectivity index (χ4n) is 4.41. The van der Waals surface area contributed by atoms with Crippen LogP contribution in [0, 0.1) is 18.3 Å². The monoisotopic (exact) mass is 572 g/mol. The number of aromatic nitrogens is 5. The molecular formula is C27H28N10O3S. The van der Waals surface area contributed by atoms with Gasteiger partial charge < -0.3 is 9.47 Å². The number of nitrogens with zero attached hydrogens (tertiary/aromatic N) is 8. The van der Waals surface area contributed by atoms with Crippen LogP contribution in [0.1, 0.15) is 58.6 Å². The predicted molar refractivity (Wildman–Crippen MR) is 150 cm³/mol. The lowest BCUT2D eigenvalue weighted by Gasteiger charge is -2.34. The molecule has 0 radical (unpaired) electrons. The van der Waals surface area contributed by atoms with E-state index in [1.165, 1.54) is 11.3 Å². The van der Waals surface area contributed by atoms with E-state index in [0.717, 1.165) is 29.0 Å². The number of nitriles is 1. The number of nitrogens with one attached hydrogen (secondary N) is 2. The lowest BCUT2D eigenvalue weighted by Crippen LogP contribution is -2.48. The van der Waals surface area contributed by atoms with Crippen LogP contribution in [-0.2, 0) is 0 Å². The SMILES string of the molecule is CCOc1cc(C2CCCN(C(=O)c3sc(-c4ccc(N=NC(C#N)c5nn[nH]n5)cc4)nc3C)N2)ccc1OC. The average molecular weight is 573 g/mol. The van der Waals surface area contributed by atoms with E-state index in [2.05, 4.69) is 41.3 Å². The number of ether oxygens (including phenoxy) is 2. The number of carbonyl (C=O) groups is 1. The molecule has 1 amide bonds. The van der Waals surface area contributed by atoms with Gasteiger partial charge in [0.2, 0.25) is 11.9 Å². The molecule has 2 aromatic heterocycles. The Morgan fingerprint density at radius 3 is 2.80 bits per heavy atom. The summed E-state index contributed by atoms with van der Waals surface area (Å²) in [6.07, 6.45) is 1.75. The van der Waals surface area contributed by atoms with Gasteiger partial charge in [-0.05, 0) is 68.7 Å². The van der Waals surface area contributed by atoms with Gasteiger partial charge in [0.05, 0.1) is 37.2 Å². The molecule has 0 bridgehead atoms. The molecule has 13 nitrogen and oxygen atoms in total. The highest BCUT2D eigenvalue weighted by molar-refractivity contribution is 7.17. The number of thiazole rings is 1. The number of hydrogen-bond acceptors (Lipinski definition) is 12. The maximum atomic E-state index is 13.6. The van der Waals surface area contributed by atoms with Crippen LogP contribution in [0.2, 0.25) is 0 Å². The Morgan fingerprint density at radius 2 is 2.10 bits per heavy atom. The summed E-state index contributed by atoms with van der Waals surface area (Å²) in [5.41, 5.74) is 6.50. The van der Waals surface area contributed by atoms with Crippen LogP contribution in [-0.4, -0.2) is 56.8 Å². The molecule has 4 aromatic rings. The lowest BCUT2D eigenvalue weighted by molar-refractivity contribution is 0.0537. The van der Waals surface area contributed by atoms with Crippen LogP contribution >= 0.6 is 11.3 Å². The number of benzene rings is 2. The quantitative estimate of drug-likeness (QED) is 0.266. The topological polar surface area (TPSA) is 167 Å². The number of H-pyrrole nitrogens is 1. The Bertz CT molecular complexity index is 1560. The van der Waals surface area contributed by atoms with Gasteiger partial charge in [0, 0.05) is 12.1 Å². The van der Waals surface area contributed by atoms with Crippen LogP contribution in [0.3, 0.4) is 0 Å². The number of methoxy groups -OCH3 is 1. The van der Waals surface area contributed by atoms with Crippen molar-refractivity contribution < 1.29 is 14.3 Å². The molecule has 0 aliphatic carbocycles. The van der Waals surface area contributed by atoms with Gasteiger partial charge in [-0.15, -0.1) is 21.5 Å². The van der Waals surface area contributed by atoms with E-state index < -0.39 is 6.04 Å². The summed E-state index contributed by atoms with van der Waals surface area (Å²) in [5.74, 6) is 1.41. The molecule has 1 aliphatic heterocycles. The third-order valence-corrected chi connectivity index (χ3v) is 7.64. The van der Waals surface area contributed by atoms with E-state index in [1.807, 2.05) is 50.2 Å². The number of aromatic amines is 1. The van der Waals surface area contributed by atoms with E-state index in [1.54, 1.807) is 24.3 Å². The number of hydrazine groups is 1. The molecule has 210 valence electrons. The first-order chi connectivity index (χ1) is 20.0. The first-order valence-electron chi connectivity index (χ1n) is 13.0. The number of azo groups is 1. The first kappa shape index (κ1) is 27.8. The zero-order valence-corrected chi connectivity index (χ0v) is 23.6. The first-order valence-corrected chi connectivity index (χ1v) is 13.8. The molecule has 3 heterocycles. The van der Waals surface area contributed by atoms with Gasteiger partial charge in [-0.3, -0.25) is 9.80 Å². The van der Waals surface area contributed by atoms with Crippen molar-refractivity contribution in [2.45, 2.75) is 38.8 Å². The summed E-state index contributed by atoms with van der Waals surface area (Å²) in [5, 5.41) is 33.1. The molecule has 2 unspecified atom stereocenters. The van der Waals surface area contributed by atoms with E-state index in [9.17, 15) is 10.1 Å².